The van der Waals surface area contributed by atoms with Gasteiger partial charge >= 0.3 is 7.12 Å². The molecule has 1 aromatic carbocycles. The zero-order valence-corrected chi connectivity index (χ0v) is 13.9. The van der Waals surface area contributed by atoms with Crippen LogP contribution in [0.15, 0.2) is 24.4 Å². The maximum Gasteiger partial charge on any atom is 0.497 e. The molecule has 2 aromatic rings. The standard InChI is InChI=1S/C18H24BNO2/c1-17(2)18(3,4)22-19(21-17)15-10-6-9-13-14(11-20-16(13)15)12-7-5-8-12/h6,9-12,20H,5,7-8H2,1-4H3. The number of aromatic nitrogens is 1. The van der Waals surface area contributed by atoms with Gasteiger partial charge in [-0.25, -0.2) is 0 Å². The first-order valence-corrected chi connectivity index (χ1v) is 8.34. The van der Waals surface area contributed by atoms with Crippen LogP contribution in [0.3, 0.4) is 0 Å². The molecule has 1 saturated carbocycles. The molecule has 22 heavy (non-hydrogen) atoms. The van der Waals surface area contributed by atoms with E-state index in [4.69, 9.17) is 9.31 Å². The lowest BCUT2D eigenvalue weighted by Crippen LogP contribution is -2.41. The second-order valence-electron chi connectivity index (χ2n) is 7.73. The summed E-state index contributed by atoms with van der Waals surface area (Å²) in [6.45, 7) is 8.40. The molecular weight excluding hydrogens is 273 g/mol. The lowest BCUT2D eigenvalue weighted by molar-refractivity contribution is 0.00578. The van der Waals surface area contributed by atoms with E-state index in [1.165, 1.54) is 35.7 Å². The van der Waals surface area contributed by atoms with Crippen LogP contribution < -0.4 is 5.46 Å². The van der Waals surface area contributed by atoms with Crippen LogP contribution in [0, 0.1) is 0 Å². The van der Waals surface area contributed by atoms with Crippen LogP contribution in [0.5, 0.6) is 0 Å². The van der Waals surface area contributed by atoms with Crippen molar-refractivity contribution in [2.24, 2.45) is 0 Å². The number of benzene rings is 1. The predicted octanol–water partition coefficient (Wildman–Crippen LogP) is 3.73. The third-order valence-corrected chi connectivity index (χ3v) is 5.83. The highest BCUT2D eigenvalue weighted by molar-refractivity contribution is 6.65. The van der Waals surface area contributed by atoms with E-state index in [1.54, 1.807) is 0 Å². The summed E-state index contributed by atoms with van der Waals surface area (Å²) in [4.78, 5) is 3.48. The molecule has 1 aliphatic heterocycles. The molecule has 1 N–H and O–H groups in total. The van der Waals surface area contributed by atoms with Crippen molar-refractivity contribution in [1.29, 1.82) is 0 Å². The van der Waals surface area contributed by atoms with Crippen LogP contribution in [0.25, 0.3) is 10.9 Å². The number of rotatable bonds is 2. The molecule has 1 aromatic heterocycles. The Balaban J connectivity index is 1.75. The number of nitrogens with one attached hydrogen (secondary N) is 1. The van der Waals surface area contributed by atoms with E-state index >= 15 is 0 Å². The monoisotopic (exact) mass is 297 g/mol. The second kappa shape index (κ2) is 4.62. The molecule has 0 amide bonds. The molecule has 2 fully saturated rings. The third-order valence-electron chi connectivity index (χ3n) is 5.83. The highest BCUT2D eigenvalue weighted by atomic mass is 16.7. The Labute approximate surface area is 132 Å². The van der Waals surface area contributed by atoms with E-state index in [0.717, 1.165) is 11.4 Å². The van der Waals surface area contributed by atoms with Gasteiger partial charge in [0.05, 0.1) is 11.2 Å². The van der Waals surface area contributed by atoms with Gasteiger partial charge in [0.2, 0.25) is 0 Å². The lowest BCUT2D eigenvalue weighted by atomic mass is 9.76. The van der Waals surface area contributed by atoms with Gasteiger partial charge in [-0.05, 0) is 52.0 Å². The van der Waals surface area contributed by atoms with Crippen molar-refractivity contribution < 1.29 is 9.31 Å². The number of aromatic amines is 1. The van der Waals surface area contributed by atoms with Crippen molar-refractivity contribution in [3.8, 4) is 0 Å². The molecule has 1 saturated heterocycles. The van der Waals surface area contributed by atoms with Gasteiger partial charge < -0.3 is 14.3 Å². The highest BCUT2D eigenvalue weighted by Crippen LogP contribution is 2.40. The molecule has 2 aliphatic rings. The van der Waals surface area contributed by atoms with Crippen LogP contribution in [-0.4, -0.2) is 23.3 Å². The van der Waals surface area contributed by atoms with E-state index in [2.05, 4.69) is 57.1 Å². The number of hydrogen-bond donors (Lipinski definition) is 1. The number of H-pyrrole nitrogens is 1. The highest BCUT2D eigenvalue weighted by Gasteiger charge is 2.52. The molecule has 3 nitrogen and oxygen atoms in total. The van der Waals surface area contributed by atoms with Crippen molar-refractivity contribution in [3.63, 3.8) is 0 Å². The molecule has 4 rings (SSSR count). The van der Waals surface area contributed by atoms with Gasteiger partial charge in [-0.2, -0.15) is 0 Å². The molecular formula is C18H24BNO2. The largest absolute Gasteiger partial charge is 0.497 e. The average Bonchev–Trinajstić information content (AvgIpc) is 2.87. The zero-order valence-electron chi connectivity index (χ0n) is 13.9. The van der Waals surface area contributed by atoms with Crippen LogP contribution >= 0.6 is 0 Å². The normalized spacial score (nSPS) is 23.9. The molecule has 0 spiro atoms. The number of para-hydroxylation sites is 1. The summed E-state index contributed by atoms with van der Waals surface area (Å²) in [5.74, 6) is 0.724. The van der Waals surface area contributed by atoms with E-state index in [9.17, 15) is 0 Å². The van der Waals surface area contributed by atoms with Crippen molar-refractivity contribution >= 4 is 23.5 Å². The minimum Gasteiger partial charge on any atom is -0.399 e. The maximum absolute atomic E-state index is 6.23. The summed E-state index contributed by atoms with van der Waals surface area (Å²) >= 11 is 0. The van der Waals surface area contributed by atoms with Gasteiger partial charge in [0, 0.05) is 22.6 Å². The Morgan fingerprint density at radius 2 is 1.77 bits per heavy atom. The summed E-state index contributed by atoms with van der Waals surface area (Å²) in [7, 11) is -0.304. The quantitative estimate of drug-likeness (QED) is 0.857. The molecule has 1 aliphatic carbocycles. The molecule has 0 radical (unpaired) electrons. The minimum absolute atomic E-state index is 0.302. The van der Waals surface area contributed by atoms with Crippen LogP contribution in [0.4, 0.5) is 0 Å². The summed E-state index contributed by atoms with van der Waals surface area (Å²) in [5, 5.41) is 1.33. The Kier molecular flexibility index (Phi) is 3.01. The van der Waals surface area contributed by atoms with Crippen LogP contribution in [0.2, 0.25) is 0 Å². The van der Waals surface area contributed by atoms with E-state index in [0.29, 0.717) is 0 Å². The minimum atomic E-state index is -0.304. The number of hydrogen-bond acceptors (Lipinski definition) is 2. The molecule has 0 bridgehead atoms. The van der Waals surface area contributed by atoms with Gasteiger partial charge in [0.1, 0.15) is 0 Å². The Bertz CT molecular complexity index is 699. The fourth-order valence-corrected chi connectivity index (χ4v) is 3.42. The van der Waals surface area contributed by atoms with Gasteiger partial charge in [-0.1, -0.05) is 24.6 Å². The van der Waals surface area contributed by atoms with E-state index in [1.807, 2.05) is 0 Å². The van der Waals surface area contributed by atoms with Crippen molar-refractivity contribution in [1.82, 2.24) is 4.98 Å². The number of fused-ring (bicyclic) bond motifs is 1. The van der Waals surface area contributed by atoms with Crippen molar-refractivity contribution in [3.05, 3.63) is 30.0 Å². The summed E-state index contributed by atoms with van der Waals surface area (Å²) < 4.78 is 12.5. The average molecular weight is 297 g/mol. The Hall–Kier alpha value is -1.26. The first kappa shape index (κ1) is 14.3. The zero-order chi connectivity index (χ0) is 15.5. The lowest BCUT2D eigenvalue weighted by Gasteiger charge is -2.32. The van der Waals surface area contributed by atoms with Crippen LogP contribution in [0.1, 0.15) is 58.4 Å². The predicted molar refractivity (Wildman–Crippen MR) is 90.6 cm³/mol. The van der Waals surface area contributed by atoms with Crippen molar-refractivity contribution in [2.45, 2.75) is 64.1 Å². The maximum atomic E-state index is 6.23. The first-order chi connectivity index (χ1) is 10.4. The Morgan fingerprint density at radius 3 is 2.36 bits per heavy atom. The fraction of sp³-hybridized carbons (Fsp3) is 0.556. The van der Waals surface area contributed by atoms with E-state index in [-0.39, 0.29) is 18.3 Å². The van der Waals surface area contributed by atoms with Gasteiger partial charge in [0.15, 0.2) is 0 Å². The third kappa shape index (κ3) is 1.97. The van der Waals surface area contributed by atoms with Gasteiger partial charge in [-0.15, -0.1) is 0 Å². The summed E-state index contributed by atoms with van der Waals surface area (Å²) in [6, 6.07) is 6.46. The summed E-state index contributed by atoms with van der Waals surface area (Å²) in [6.07, 6.45) is 6.17. The Morgan fingerprint density at radius 1 is 1.09 bits per heavy atom. The molecule has 4 heteroatoms. The molecule has 0 unspecified atom stereocenters. The smallest absolute Gasteiger partial charge is 0.399 e. The topological polar surface area (TPSA) is 34.2 Å². The van der Waals surface area contributed by atoms with Gasteiger partial charge in [0.25, 0.3) is 0 Å². The summed E-state index contributed by atoms with van der Waals surface area (Å²) in [5.41, 5.74) is 3.14. The van der Waals surface area contributed by atoms with Crippen LogP contribution in [-0.2, 0) is 9.31 Å². The molecule has 2 heterocycles. The molecule has 0 atom stereocenters. The molecule has 116 valence electrons. The second-order valence-corrected chi connectivity index (χ2v) is 7.73. The van der Waals surface area contributed by atoms with E-state index < -0.39 is 0 Å². The van der Waals surface area contributed by atoms with Gasteiger partial charge in [-0.3, -0.25) is 0 Å². The van der Waals surface area contributed by atoms with Crippen molar-refractivity contribution in [2.75, 3.05) is 0 Å². The first-order valence-electron chi connectivity index (χ1n) is 8.34. The fourth-order valence-electron chi connectivity index (χ4n) is 3.42. The SMILES string of the molecule is CC1(C)OB(c2cccc3c(C4CCC4)c[nH]c23)OC1(C)C.